The normalized spacial score (nSPS) is 45.5. The van der Waals surface area contributed by atoms with Gasteiger partial charge in [-0.25, -0.2) is 9.59 Å². The van der Waals surface area contributed by atoms with Gasteiger partial charge in [-0.15, -0.1) is 0 Å². The summed E-state index contributed by atoms with van der Waals surface area (Å²) < 4.78 is 24.4. The number of methoxy groups -OCH3 is 1. The number of aromatic amines is 1. The number of ether oxygens (including phenoxy) is 4. The molecule has 5 rings (SSSR count). The van der Waals surface area contributed by atoms with Crippen molar-refractivity contribution in [2.45, 2.75) is 83.3 Å². The summed E-state index contributed by atoms with van der Waals surface area (Å²) in [7, 11) is 1.46. The average Bonchev–Trinajstić information content (AvgIpc) is 3.36. The number of halogens is 1. The summed E-state index contributed by atoms with van der Waals surface area (Å²) in [6.45, 7) is 9.34. The van der Waals surface area contributed by atoms with Gasteiger partial charge in [0, 0.05) is 36.2 Å². The lowest BCUT2D eigenvalue weighted by Gasteiger charge is -2.53. The molecule has 0 amide bonds. The monoisotopic (exact) mass is 563 g/mol. The largest absolute Gasteiger partial charge is 0.457 e. The number of carbonyl (C=O) groups is 2. The second-order valence-corrected chi connectivity index (χ2v) is 12.3. The van der Waals surface area contributed by atoms with Crippen LogP contribution in [-0.4, -0.2) is 76.5 Å². The summed E-state index contributed by atoms with van der Waals surface area (Å²) in [4.78, 5) is 29.0. The molecule has 4 bridgehead atoms. The molecular formula is C29H38ClNO8. The Morgan fingerprint density at radius 3 is 2.64 bits per heavy atom. The minimum absolute atomic E-state index is 0.218. The van der Waals surface area contributed by atoms with Gasteiger partial charge >= 0.3 is 11.9 Å². The second-order valence-electron chi connectivity index (χ2n) is 11.9. The molecule has 4 aliphatic rings. The third-order valence-corrected chi connectivity index (χ3v) is 9.73. The fraction of sp³-hybridized carbons (Fsp3) is 0.655. The van der Waals surface area contributed by atoms with Gasteiger partial charge in [0.05, 0.1) is 12.2 Å². The van der Waals surface area contributed by atoms with Gasteiger partial charge in [-0.2, -0.15) is 0 Å². The molecule has 2 fully saturated rings. The molecule has 214 valence electrons. The van der Waals surface area contributed by atoms with Crippen LogP contribution >= 0.6 is 11.6 Å². The molecule has 2 aliphatic carbocycles. The van der Waals surface area contributed by atoms with Crippen molar-refractivity contribution in [3.8, 4) is 0 Å². The highest BCUT2D eigenvalue weighted by molar-refractivity contribution is 6.29. The maximum Gasteiger partial charge on any atom is 0.355 e. The van der Waals surface area contributed by atoms with Crippen LogP contribution in [0.25, 0.3) is 0 Å². The lowest BCUT2D eigenvalue weighted by Crippen LogP contribution is -2.61. The molecule has 3 N–H and O–H groups in total. The van der Waals surface area contributed by atoms with E-state index < -0.39 is 65.5 Å². The van der Waals surface area contributed by atoms with E-state index in [1.54, 1.807) is 19.1 Å². The smallest absolute Gasteiger partial charge is 0.355 e. The Bertz CT molecular complexity index is 1190. The van der Waals surface area contributed by atoms with Crippen molar-refractivity contribution >= 4 is 23.5 Å². The topological polar surface area (TPSA) is 127 Å². The van der Waals surface area contributed by atoms with Gasteiger partial charge in [0.15, 0.2) is 6.10 Å². The van der Waals surface area contributed by atoms with Gasteiger partial charge < -0.3 is 34.1 Å². The van der Waals surface area contributed by atoms with Crippen LogP contribution < -0.4 is 0 Å². The van der Waals surface area contributed by atoms with Crippen LogP contribution in [0, 0.1) is 29.1 Å². The summed E-state index contributed by atoms with van der Waals surface area (Å²) >= 11 is 5.98. The first-order chi connectivity index (χ1) is 18.3. The van der Waals surface area contributed by atoms with Gasteiger partial charge in [0.25, 0.3) is 0 Å². The lowest BCUT2D eigenvalue weighted by molar-refractivity contribution is -0.172. The maximum absolute atomic E-state index is 13.1. The molecule has 2 aliphatic heterocycles. The summed E-state index contributed by atoms with van der Waals surface area (Å²) in [5.74, 6) is -2.61. The zero-order valence-corrected chi connectivity index (χ0v) is 23.8. The van der Waals surface area contributed by atoms with E-state index in [2.05, 4.69) is 4.98 Å². The van der Waals surface area contributed by atoms with Gasteiger partial charge in [0.2, 0.25) is 0 Å². The molecule has 39 heavy (non-hydrogen) atoms. The number of hydrogen-bond acceptors (Lipinski definition) is 8. The third-order valence-electron chi connectivity index (χ3n) is 9.51. The minimum atomic E-state index is -0.995. The predicted molar refractivity (Wildman–Crippen MR) is 142 cm³/mol. The van der Waals surface area contributed by atoms with E-state index >= 15 is 0 Å². The van der Waals surface area contributed by atoms with Gasteiger partial charge in [0.1, 0.15) is 34.8 Å². The zero-order valence-electron chi connectivity index (χ0n) is 23.1. The van der Waals surface area contributed by atoms with E-state index in [1.807, 2.05) is 45.9 Å². The highest BCUT2D eigenvalue weighted by Crippen LogP contribution is 2.66. The van der Waals surface area contributed by atoms with E-state index in [-0.39, 0.29) is 29.9 Å². The number of aliphatic hydroxyl groups excluding tert-OH is 2. The standard InChI is InChI=1S/C29H38ClNO8/c1-13-11-14(2)29-17(12-19(36-6)27(35)37-22(13)16(4)32)9-10-28(5)24(29)21(33)15(3)23(25(28)39-29)38-26(34)18-7-8-20(30)31-18/h7-11,13,15-17,19,21-25,31-33H,12H2,1-6H3/b14-11+/t13-,15-,16-,17-,19+,21-,22+,23-,24-,25+,28-,29+/m1/s1. The summed E-state index contributed by atoms with van der Waals surface area (Å²) in [6.07, 6.45) is 1.54. The highest BCUT2D eigenvalue weighted by Gasteiger charge is 2.73. The van der Waals surface area contributed by atoms with Crippen LogP contribution in [0.15, 0.2) is 35.9 Å². The van der Waals surface area contributed by atoms with Crippen LogP contribution in [0.1, 0.15) is 51.5 Å². The van der Waals surface area contributed by atoms with Crippen LogP contribution in [0.4, 0.5) is 0 Å². The number of H-pyrrole nitrogens is 1. The molecule has 0 aromatic carbocycles. The second kappa shape index (κ2) is 10.0. The molecule has 1 aromatic heterocycles. The number of nitrogens with one attached hydrogen (secondary N) is 1. The molecule has 10 heteroatoms. The Morgan fingerprint density at radius 2 is 2.03 bits per heavy atom. The summed E-state index contributed by atoms with van der Waals surface area (Å²) in [6, 6.07) is 3.13. The average molecular weight is 564 g/mol. The van der Waals surface area contributed by atoms with Crippen molar-refractivity contribution < 1.29 is 38.7 Å². The number of hydrogen-bond donors (Lipinski definition) is 3. The SMILES string of the molecule is CO[C@H]1C[C@H]2C=C[C@]3(C)[C@H]4[C@H](O)[C@@H](C)[C@@H](OC(=O)c5ccc(Cl)[nH]5)[C@@H]3O[C@@]24/C(C)=C/[C@@H](C)[C@@H]([C@@H](C)O)OC1=O. The zero-order chi connectivity index (χ0) is 28.4. The van der Waals surface area contributed by atoms with Crippen LogP contribution in [0.2, 0.25) is 5.15 Å². The fourth-order valence-electron chi connectivity index (χ4n) is 7.57. The highest BCUT2D eigenvalue weighted by atomic mass is 35.5. The van der Waals surface area contributed by atoms with E-state index in [4.69, 9.17) is 30.5 Å². The van der Waals surface area contributed by atoms with E-state index in [0.29, 0.717) is 5.15 Å². The number of aliphatic hydroxyl groups is 2. The molecule has 1 saturated heterocycles. The lowest BCUT2D eigenvalue weighted by atomic mass is 9.51. The first kappa shape index (κ1) is 28.4. The fourth-order valence-corrected chi connectivity index (χ4v) is 7.74. The molecule has 3 heterocycles. The molecule has 12 atom stereocenters. The van der Waals surface area contributed by atoms with Gasteiger partial charge in [-0.05, 0) is 38.0 Å². The van der Waals surface area contributed by atoms with E-state index in [0.717, 1.165) is 5.57 Å². The van der Waals surface area contributed by atoms with E-state index in [1.165, 1.54) is 7.11 Å². The number of aromatic nitrogens is 1. The number of rotatable bonds is 4. The Morgan fingerprint density at radius 1 is 1.31 bits per heavy atom. The molecule has 1 saturated carbocycles. The van der Waals surface area contributed by atoms with Gasteiger partial charge in [-0.3, -0.25) is 0 Å². The van der Waals surface area contributed by atoms with E-state index in [9.17, 15) is 19.8 Å². The van der Waals surface area contributed by atoms with Crippen molar-refractivity contribution in [2.24, 2.45) is 29.1 Å². The van der Waals surface area contributed by atoms with Crippen molar-refractivity contribution in [1.29, 1.82) is 0 Å². The Kier molecular flexibility index (Phi) is 7.29. The molecule has 9 nitrogen and oxygen atoms in total. The minimum Gasteiger partial charge on any atom is -0.457 e. The van der Waals surface area contributed by atoms with Gasteiger partial charge in [-0.1, -0.05) is 50.6 Å². The van der Waals surface area contributed by atoms with Crippen molar-refractivity contribution in [3.63, 3.8) is 0 Å². The Labute approximate surface area is 233 Å². The first-order valence-corrected chi connectivity index (χ1v) is 13.9. The number of esters is 2. The Balaban J connectivity index is 1.61. The summed E-state index contributed by atoms with van der Waals surface area (Å²) in [5, 5.41) is 22.7. The Hall–Kier alpha value is -2.17. The van der Waals surface area contributed by atoms with Crippen molar-refractivity contribution in [1.82, 2.24) is 4.98 Å². The predicted octanol–water partition coefficient (Wildman–Crippen LogP) is 3.44. The molecule has 0 radical (unpaired) electrons. The quantitative estimate of drug-likeness (QED) is 0.375. The van der Waals surface area contributed by atoms with Crippen molar-refractivity contribution in [2.75, 3.05) is 7.11 Å². The maximum atomic E-state index is 13.1. The third kappa shape index (κ3) is 4.28. The molecule has 1 aromatic rings. The van der Waals surface area contributed by atoms with Crippen molar-refractivity contribution in [3.05, 3.63) is 46.8 Å². The molecule has 0 unspecified atom stereocenters. The molecule has 1 spiro atoms. The van der Waals surface area contributed by atoms with Crippen LogP contribution in [-0.2, 0) is 23.7 Å². The van der Waals surface area contributed by atoms with Crippen LogP contribution in [0.5, 0.6) is 0 Å². The first-order valence-electron chi connectivity index (χ1n) is 13.6. The summed E-state index contributed by atoms with van der Waals surface area (Å²) in [5.41, 5.74) is -0.563. The number of cyclic esters (lactones) is 1. The number of carbonyl (C=O) groups excluding carboxylic acids is 2. The molecular weight excluding hydrogens is 526 g/mol. The van der Waals surface area contributed by atoms with Crippen LogP contribution in [0.3, 0.4) is 0 Å².